The molecule has 1 unspecified atom stereocenters. The van der Waals surface area contributed by atoms with Crippen molar-refractivity contribution in [1.29, 1.82) is 0 Å². The van der Waals surface area contributed by atoms with Gasteiger partial charge < -0.3 is 19.5 Å². The Morgan fingerprint density at radius 3 is 2.60 bits per heavy atom. The Bertz CT molecular complexity index is 1550. The van der Waals surface area contributed by atoms with Crippen molar-refractivity contribution in [3.63, 3.8) is 0 Å². The van der Waals surface area contributed by atoms with Crippen LogP contribution in [0, 0.1) is 6.92 Å². The second kappa shape index (κ2) is 12.7. The number of para-hydroxylation sites is 1. The van der Waals surface area contributed by atoms with Crippen LogP contribution in [0.1, 0.15) is 31.2 Å². The number of ether oxygens (including phenoxy) is 3. The molecule has 0 spiro atoms. The van der Waals surface area contributed by atoms with E-state index >= 15 is 0 Å². The number of pyridine rings is 1. The molecule has 0 amide bonds. The maximum Gasteiger partial charge on any atom is 0.300 e. The fourth-order valence-electron chi connectivity index (χ4n) is 4.55. The van der Waals surface area contributed by atoms with Crippen LogP contribution in [0.15, 0.2) is 77.7 Å². The van der Waals surface area contributed by atoms with Crippen molar-refractivity contribution in [3.05, 3.63) is 78.4 Å². The molecule has 1 N–H and O–H groups in total. The smallest absolute Gasteiger partial charge is 0.300 e. The first kappa shape index (κ1) is 27.9. The molecule has 0 aliphatic carbocycles. The van der Waals surface area contributed by atoms with Crippen molar-refractivity contribution < 1.29 is 26.8 Å². The molecule has 4 aromatic rings. The van der Waals surface area contributed by atoms with Gasteiger partial charge in [-0.25, -0.2) is 4.98 Å². The monoisotopic (exact) mass is 562 g/mol. The van der Waals surface area contributed by atoms with E-state index in [9.17, 15) is 8.42 Å². The first-order valence-corrected chi connectivity index (χ1v) is 14.9. The second-order valence-corrected chi connectivity index (χ2v) is 11.3. The molecule has 2 heterocycles. The minimum Gasteiger partial charge on any atom is -0.493 e. The van der Waals surface area contributed by atoms with E-state index in [1.165, 1.54) is 6.07 Å². The quantitative estimate of drug-likeness (QED) is 0.167. The number of benzene rings is 3. The van der Waals surface area contributed by atoms with Gasteiger partial charge in [0.15, 0.2) is 6.29 Å². The minimum atomic E-state index is -4.02. The fourth-order valence-corrected chi connectivity index (χ4v) is 5.69. The van der Waals surface area contributed by atoms with Crippen molar-refractivity contribution in [2.24, 2.45) is 0 Å². The van der Waals surface area contributed by atoms with Gasteiger partial charge in [-0.2, -0.15) is 8.42 Å². The Morgan fingerprint density at radius 1 is 1.00 bits per heavy atom. The van der Waals surface area contributed by atoms with Gasteiger partial charge in [-0.3, -0.25) is 4.18 Å². The Morgan fingerprint density at radius 2 is 1.82 bits per heavy atom. The van der Waals surface area contributed by atoms with E-state index in [1.807, 2.05) is 74.6 Å². The Labute approximate surface area is 235 Å². The van der Waals surface area contributed by atoms with Crippen LogP contribution in [0.5, 0.6) is 11.5 Å². The van der Waals surface area contributed by atoms with Crippen molar-refractivity contribution >= 4 is 26.7 Å². The number of aromatic nitrogens is 1. The van der Waals surface area contributed by atoms with Gasteiger partial charge in [0.1, 0.15) is 16.4 Å². The van der Waals surface area contributed by atoms with Crippen molar-refractivity contribution in [2.45, 2.75) is 43.8 Å². The highest BCUT2D eigenvalue weighted by Gasteiger charge is 2.25. The van der Waals surface area contributed by atoms with Gasteiger partial charge in [0.05, 0.1) is 31.0 Å². The number of hydrogen-bond acceptors (Lipinski definition) is 8. The summed E-state index contributed by atoms with van der Waals surface area (Å²) in [5.41, 5.74) is 4.48. The Balaban J connectivity index is 1.18. The lowest BCUT2D eigenvalue weighted by Crippen LogP contribution is -2.26. The zero-order chi connectivity index (χ0) is 28.0. The summed E-state index contributed by atoms with van der Waals surface area (Å²) >= 11 is 0. The first-order chi connectivity index (χ1) is 19.4. The molecule has 0 radical (unpaired) electrons. The molecule has 0 saturated carbocycles. The summed E-state index contributed by atoms with van der Waals surface area (Å²) in [4.78, 5) is 4.82. The number of nitrogens with zero attached hydrogens (tertiary/aromatic N) is 1. The van der Waals surface area contributed by atoms with Crippen LogP contribution in [0.2, 0.25) is 0 Å². The lowest BCUT2D eigenvalue weighted by Gasteiger charge is -2.25. The zero-order valence-electron chi connectivity index (χ0n) is 22.8. The van der Waals surface area contributed by atoms with Gasteiger partial charge >= 0.3 is 10.1 Å². The molecular weight excluding hydrogens is 528 g/mol. The van der Waals surface area contributed by atoms with Crippen LogP contribution in [0.25, 0.3) is 22.2 Å². The topological polar surface area (TPSA) is 96.0 Å². The molecule has 9 heteroatoms. The Kier molecular flexibility index (Phi) is 8.84. The number of rotatable bonds is 11. The SMILES string of the molecule is CNc1ccc(-c2ccc3ccc(OCCCOS(=O)(=O)c4cccc(C)c4OC4CCCCO4)cc3n2)cc1. The van der Waals surface area contributed by atoms with E-state index < -0.39 is 16.4 Å². The standard InChI is InChI=1S/C31H34N2O6S/c1-22-7-5-8-29(31(22)39-30-9-3-4-18-37-30)40(34,35)38-20-6-19-36-26-16-12-24-13-17-27(33-28(24)21-26)23-10-14-25(32-2)15-11-23/h5,7-8,10-17,21,30,32H,3-4,6,9,18-20H2,1-2H3. The predicted octanol–water partition coefficient (Wildman–Crippen LogP) is 6.33. The minimum absolute atomic E-state index is 0.0135. The summed E-state index contributed by atoms with van der Waals surface area (Å²) in [5.74, 6) is 0.944. The number of fused-ring (bicyclic) bond motifs is 1. The molecule has 210 valence electrons. The number of anilines is 1. The van der Waals surface area contributed by atoms with Crippen LogP contribution < -0.4 is 14.8 Å². The third-order valence-corrected chi connectivity index (χ3v) is 8.10. The second-order valence-electron chi connectivity index (χ2n) is 9.67. The summed E-state index contributed by atoms with van der Waals surface area (Å²) in [6.45, 7) is 2.69. The molecule has 5 rings (SSSR count). The maximum atomic E-state index is 13.0. The average Bonchev–Trinajstić information content (AvgIpc) is 2.98. The largest absolute Gasteiger partial charge is 0.493 e. The predicted molar refractivity (Wildman–Crippen MR) is 155 cm³/mol. The van der Waals surface area contributed by atoms with Crippen LogP contribution in [-0.4, -0.2) is 46.6 Å². The van der Waals surface area contributed by atoms with Gasteiger partial charge in [-0.1, -0.05) is 30.3 Å². The third-order valence-electron chi connectivity index (χ3n) is 6.76. The van der Waals surface area contributed by atoms with Crippen molar-refractivity contribution in [3.8, 4) is 22.8 Å². The van der Waals surface area contributed by atoms with E-state index in [1.54, 1.807) is 6.07 Å². The van der Waals surface area contributed by atoms with Crippen molar-refractivity contribution in [1.82, 2.24) is 4.98 Å². The number of aryl methyl sites for hydroxylation is 1. The molecule has 40 heavy (non-hydrogen) atoms. The van der Waals surface area contributed by atoms with Gasteiger partial charge in [-0.05, 0) is 61.7 Å². The lowest BCUT2D eigenvalue weighted by atomic mass is 10.1. The summed E-state index contributed by atoms with van der Waals surface area (Å²) in [6.07, 6.45) is 2.61. The number of nitrogens with one attached hydrogen (secondary N) is 1. The van der Waals surface area contributed by atoms with Crippen molar-refractivity contribution in [2.75, 3.05) is 32.2 Å². The fraction of sp³-hybridized carbons (Fsp3) is 0.323. The third kappa shape index (κ3) is 6.72. The molecule has 1 atom stereocenters. The van der Waals surface area contributed by atoms with E-state index in [0.717, 1.165) is 47.1 Å². The summed E-state index contributed by atoms with van der Waals surface area (Å²) in [5, 5.41) is 4.12. The summed E-state index contributed by atoms with van der Waals surface area (Å²) < 4.78 is 48.9. The molecule has 1 saturated heterocycles. The van der Waals surface area contributed by atoms with Crippen LogP contribution in [0.3, 0.4) is 0 Å². The lowest BCUT2D eigenvalue weighted by molar-refractivity contribution is -0.107. The van der Waals surface area contributed by atoms with Crippen LogP contribution >= 0.6 is 0 Å². The van der Waals surface area contributed by atoms with E-state index in [-0.39, 0.29) is 17.3 Å². The van der Waals surface area contributed by atoms with E-state index in [4.69, 9.17) is 23.4 Å². The molecule has 1 aliphatic heterocycles. The molecular formula is C31H34N2O6S. The summed E-state index contributed by atoms with van der Waals surface area (Å²) in [6, 6.07) is 22.9. The zero-order valence-corrected chi connectivity index (χ0v) is 23.6. The van der Waals surface area contributed by atoms with Crippen LogP contribution in [-0.2, 0) is 19.0 Å². The highest BCUT2D eigenvalue weighted by molar-refractivity contribution is 7.86. The van der Waals surface area contributed by atoms with E-state index in [0.29, 0.717) is 30.9 Å². The molecule has 1 aliphatic rings. The molecule has 1 aromatic heterocycles. The van der Waals surface area contributed by atoms with Crippen LogP contribution in [0.4, 0.5) is 5.69 Å². The summed E-state index contributed by atoms with van der Waals surface area (Å²) in [7, 11) is -2.14. The first-order valence-electron chi connectivity index (χ1n) is 13.5. The average molecular weight is 563 g/mol. The molecule has 0 bridgehead atoms. The molecule has 3 aromatic carbocycles. The van der Waals surface area contributed by atoms with Gasteiger partial charge in [0.25, 0.3) is 0 Å². The highest BCUT2D eigenvalue weighted by Crippen LogP contribution is 2.32. The van der Waals surface area contributed by atoms with Gasteiger partial charge in [0.2, 0.25) is 0 Å². The molecule has 1 fully saturated rings. The van der Waals surface area contributed by atoms with Gasteiger partial charge in [0, 0.05) is 42.6 Å². The normalized spacial score (nSPS) is 15.6. The Hall–Kier alpha value is -3.66. The van der Waals surface area contributed by atoms with Gasteiger partial charge in [-0.15, -0.1) is 0 Å². The highest BCUT2D eigenvalue weighted by atomic mass is 32.2. The van der Waals surface area contributed by atoms with E-state index in [2.05, 4.69) is 5.32 Å². The molecule has 8 nitrogen and oxygen atoms in total. The maximum absolute atomic E-state index is 13.0. The number of hydrogen-bond donors (Lipinski definition) is 1.